The van der Waals surface area contributed by atoms with Gasteiger partial charge in [-0.05, 0) is 64.7 Å². The summed E-state index contributed by atoms with van der Waals surface area (Å²) in [4.78, 5) is 13.5. The fourth-order valence-corrected chi connectivity index (χ4v) is 4.27. The highest BCUT2D eigenvalue weighted by Crippen LogP contribution is 2.36. The van der Waals surface area contributed by atoms with Crippen LogP contribution in [0.4, 0.5) is 5.69 Å². The van der Waals surface area contributed by atoms with Crippen LogP contribution in [0.1, 0.15) is 22.5 Å². The average Bonchev–Trinajstić information content (AvgIpc) is 3.55. The standard InChI is InChI=1S/C26H26N8O3/c1-16-11-12-19(14-17(16)2)34-24(36)22(21(30-34)15-37-3)27-31-26(25-28-32-33-29-25)13-7-10-20(23(26)35)18-8-5-4-6-9-18/h4-14,23,31,35H,15H2,1-3H3,(H,28,29,32,33). The Hall–Kier alpha value is -4.48. The molecule has 0 saturated carbocycles. The lowest BCUT2D eigenvalue weighted by atomic mass is 9.80. The van der Waals surface area contributed by atoms with Gasteiger partial charge in [-0.25, -0.2) is 5.10 Å². The van der Waals surface area contributed by atoms with Gasteiger partial charge in [-0.3, -0.25) is 10.2 Å². The lowest BCUT2D eigenvalue weighted by molar-refractivity contribution is -0.112. The second-order valence-electron chi connectivity index (χ2n) is 8.81. The minimum absolute atomic E-state index is 0.0586. The second kappa shape index (κ2) is 9.88. The molecule has 2 aliphatic rings. The number of carbonyl (C=O) groups is 1. The molecule has 37 heavy (non-hydrogen) atoms. The summed E-state index contributed by atoms with van der Waals surface area (Å²) in [6, 6.07) is 15.1. The number of hydrogen-bond acceptors (Lipinski definition) is 9. The van der Waals surface area contributed by atoms with Crippen LogP contribution in [0.2, 0.25) is 0 Å². The molecule has 11 nitrogen and oxygen atoms in total. The third kappa shape index (κ3) is 4.34. The molecule has 2 atom stereocenters. The molecule has 0 spiro atoms. The van der Waals surface area contributed by atoms with Gasteiger partial charge in [0.15, 0.2) is 17.1 Å². The molecule has 0 bridgehead atoms. The number of aromatic nitrogens is 4. The first-order chi connectivity index (χ1) is 17.9. The molecule has 0 saturated heterocycles. The fraction of sp³-hybridized carbons (Fsp3) is 0.231. The summed E-state index contributed by atoms with van der Waals surface area (Å²) in [7, 11) is 1.52. The Morgan fingerprint density at radius 2 is 2.00 bits per heavy atom. The molecule has 3 N–H and O–H groups in total. The largest absolute Gasteiger partial charge is 0.385 e. The van der Waals surface area contributed by atoms with Crippen LogP contribution in [-0.4, -0.2) is 62.9 Å². The molecule has 0 radical (unpaired) electrons. The zero-order chi connectivity index (χ0) is 26.0. The Bertz CT molecular complexity index is 1430. The average molecular weight is 499 g/mol. The van der Waals surface area contributed by atoms with Crippen LogP contribution in [0.15, 0.2) is 77.0 Å². The van der Waals surface area contributed by atoms with Crippen molar-refractivity contribution >= 4 is 28.6 Å². The zero-order valence-corrected chi connectivity index (χ0v) is 20.6. The predicted octanol–water partition coefficient (Wildman–Crippen LogP) is 2.02. The molecule has 2 aromatic carbocycles. The molecule has 1 aliphatic carbocycles. The molecule has 1 aromatic heterocycles. The molecule has 3 aromatic rings. The van der Waals surface area contributed by atoms with E-state index in [4.69, 9.17) is 4.74 Å². The molecule has 188 valence electrons. The lowest BCUT2D eigenvalue weighted by Gasteiger charge is -2.36. The smallest absolute Gasteiger partial charge is 0.301 e. The van der Waals surface area contributed by atoms with E-state index in [9.17, 15) is 9.90 Å². The summed E-state index contributed by atoms with van der Waals surface area (Å²) in [5, 5.41) is 36.0. The number of hydrogen-bond donors (Lipinski definition) is 3. The van der Waals surface area contributed by atoms with Gasteiger partial charge in [0.25, 0.3) is 0 Å². The van der Waals surface area contributed by atoms with Crippen LogP contribution in [0.3, 0.4) is 0 Å². The third-order valence-electron chi connectivity index (χ3n) is 6.46. The van der Waals surface area contributed by atoms with E-state index in [1.54, 1.807) is 12.2 Å². The molecule has 2 heterocycles. The number of hydrazone groups is 2. The number of amides is 1. The monoisotopic (exact) mass is 498 g/mol. The Labute approximate surface area is 213 Å². The van der Waals surface area contributed by atoms with Crippen molar-refractivity contribution < 1.29 is 14.6 Å². The summed E-state index contributed by atoms with van der Waals surface area (Å²) >= 11 is 0. The SMILES string of the molecule is COCC1=NN(c2ccc(C)c(C)c2)C(=O)C1=NNC1(c2nnn[nH]2)C=CC=C(c2ccccc2)C1O. The number of nitrogens with zero attached hydrogens (tertiary/aromatic N) is 6. The van der Waals surface area contributed by atoms with Crippen LogP contribution in [0, 0.1) is 13.8 Å². The number of anilines is 1. The quantitative estimate of drug-likeness (QED) is 0.423. The van der Waals surface area contributed by atoms with Crippen LogP contribution < -0.4 is 10.4 Å². The zero-order valence-electron chi connectivity index (χ0n) is 20.6. The third-order valence-corrected chi connectivity index (χ3v) is 6.46. The number of allylic oxidation sites excluding steroid dienone is 2. The first-order valence-corrected chi connectivity index (χ1v) is 11.6. The number of aliphatic hydroxyl groups excluding tert-OH is 1. The normalized spacial score (nSPS) is 22.4. The topological polar surface area (TPSA) is 141 Å². The number of tetrazole rings is 1. The Morgan fingerprint density at radius 1 is 1.19 bits per heavy atom. The second-order valence-corrected chi connectivity index (χ2v) is 8.81. The van der Waals surface area contributed by atoms with Gasteiger partial charge in [0.1, 0.15) is 11.8 Å². The fourth-order valence-electron chi connectivity index (χ4n) is 4.27. The minimum Gasteiger partial charge on any atom is -0.385 e. The van der Waals surface area contributed by atoms with Crippen LogP contribution in [0.5, 0.6) is 0 Å². The van der Waals surface area contributed by atoms with Crippen molar-refractivity contribution in [1.29, 1.82) is 0 Å². The molecule has 0 fully saturated rings. The summed E-state index contributed by atoms with van der Waals surface area (Å²) in [5.74, 6) is -0.203. The van der Waals surface area contributed by atoms with Crippen LogP contribution in [0.25, 0.3) is 5.57 Å². The van der Waals surface area contributed by atoms with Crippen molar-refractivity contribution in [3.8, 4) is 0 Å². The number of aliphatic hydroxyl groups is 1. The van der Waals surface area contributed by atoms with Gasteiger partial charge in [0, 0.05) is 7.11 Å². The highest BCUT2D eigenvalue weighted by atomic mass is 16.5. The van der Waals surface area contributed by atoms with Crippen molar-refractivity contribution in [1.82, 2.24) is 26.0 Å². The van der Waals surface area contributed by atoms with E-state index >= 15 is 0 Å². The van der Waals surface area contributed by atoms with E-state index in [1.165, 1.54) is 12.1 Å². The summed E-state index contributed by atoms with van der Waals surface area (Å²) < 4.78 is 5.29. The number of carbonyl (C=O) groups excluding carboxylic acids is 1. The Kier molecular flexibility index (Phi) is 6.47. The number of rotatable bonds is 7. The van der Waals surface area contributed by atoms with E-state index in [-0.39, 0.29) is 18.1 Å². The van der Waals surface area contributed by atoms with Crippen molar-refractivity contribution in [2.75, 3.05) is 18.7 Å². The minimum atomic E-state index is -1.39. The molecular formula is C26H26N8O3. The van der Waals surface area contributed by atoms with E-state index in [2.05, 4.69) is 36.3 Å². The molecule has 2 unspecified atom stereocenters. The van der Waals surface area contributed by atoms with Crippen molar-refractivity contribution in [3.05, 3.63) is 89.3 Å². The Balaban J connectivity index is 1.52. The number of methoxy groups -OCH3 is 1. The van der Waals surface area contributed by atoms with E-state index in [0.29, 0.717) is 17.0 Å². The number of ether oxygens (including phenoxy) is 1. The predicted molar refractivity (Wildman–Crippen MR) is 139 cm³/mol. The first-order valence-electron chi connectivity index (χ1n) is 11.6. The summed E-state index contributed by atoms with van der Waals surface area (Å²) in [6.45, 7) is 4.04. The number of benzene rings is 2. The Morgan fingerprint density at radius 3 is 2.70 bits per heavy atom. The highest BCUT2D eigenvalue weighted by Gasteiger charge is 2.45. The van der Waals surface area contributed by atoms with E-state index in [1.807, 2.05) is 68.5 Å². The summed E-state index contributed by atoms with van der Waals surface area (Å²) in [5.41, 5.74) is 6.22. The van der Waals surface area contributed by atoms with Crippen molar-refractivity contribution in [2.45, 2.75) is 25.5 Å². The van der Waals surface area contributed by atoms with Gasteiger partial charge in [-0.1, -0.05) is 48.6 Å². The molecule has 11 heteroatoms. The van der Waals surface area contributed by atoms with Gasteiger partial charge in [0.2, 0.25) is 0 Å². The highest BCUT2D eigenvalue weighted by molar-refractivity contribution is 6.71. The summed E-state index contributed by atoms with van der Waals surface area (Å²) in [6.07, 6.45) is 4.15. The van der Waals surface area contributed by atoms with Gasteiger partial charge in [-0.2, -0.15) is 15.2 Å². The molecular weight excluding hydrogens is 472 g/mol. The van der Waals surface area contributed by atoms with Crippen LogP contribution in [-0.2, 0) is 15.1 Å². The molecule has 5 rings (SSSR count). The van der Waals surface area contributed by atoms with Crippen molar-refractivity contribution in [3.63, 3.8) is 0 Å². The maximum atomic E-state index is 13.5. The number of aromatic amines is 1. The van der Waals surface area contributed by atoms with Gasteiger partial charge >= 0.3 is 5.91 Å². The lowest BCUT2D eigenvalue weighted by Crippen LogP contribution is -2.51. The maximum absolute atomic E-state index is 13.5. The van der Waals surface area contributed by atoms with Gasteiger partial charge in [-0.15, -0.1) is 5.10 Å². The first kappa shape index (κ1) is 24.2. The van der Waals surface area contributed by atoms with E-state index in [0.717, 1.165) is 16.7 Å². The maximum Gasteiger partial charge on any atom is 0.301 e. The number of aryl methyl sites for hydroxylation is 2. The molecule has 1 amide bonds. The number of nitrogens with one attached hydrogen (secondary N) is 2. The van der Waals surface area contributed by atoms with Gasteiger partial charge < -0.3 is 9.84 Å². The molecule has 1 aliphatic heterocycles. The van der Waals surface area contributed by atoms with Crippen molar-refractivity contribution in [2.24, 2.45) is 10.2 Å². The number of H-pyrrole nitrogens is 1. The van der Waals surface area contributed by atoms with E-state index < -0.39 is 17.6 Å². The van der Waals surface area contributed by atoms with Gasteiger partial charge in [0.05, 0.1) is 12.3 Å². The van der Waals surface area contributed by atoms with Crippen LogP contribution >= 0.6 is 0 Å².